The largest absolute Gasteiger partial charge is 0.395 e. The van der Waals surface area contributed by atoms with Crippen molar-refractivity contribution < 1.29 is 24.7 Å². The first kappa shape index (κ1) is 23.3. The number of aliphatic hydroxyl groups is 1. The molecule has 0 fully saturated rings. The van der Waals surface area contributed by atoms with Crippen molar-refractivity contribution in [2.45, 2.75) is 53.0 Å². The van der Waals surface area contributed by atoms with Gasteiger partial charge in [0, 0.05) is 13.6 Å². The lowest BCUT2D eigenvalue weighted by atomic mass is 9.85. The molecule has 0 rings (SSSR count). The Morgan fingerprint density at radius 2 is 1.88 bits per heavy atom. The van der Waals surface area contributed by atoms with E-state index in [0.717, 1.165) is 12.8 Å². The van der Waals surface area contributed by atoms with E-state index in [1.807, 2.05) is 27.7 Å². The summed E-state index contributed by atoms with van der Waals surface area (Å²) < 4.78 is 0. The van der Waals surface area contributed by atoms with Crippen molar-refractivity contribution in [3.8, 4) is 0 Å². The average Bonchev–Trinajstić information content (AvgIpc) is 2.54. The second-order valence-corrected chi connectivity index (χ2v) is 7.36. The van der Waals surface area contributed by atoms with Crippen molar-refractivity contribution in [1.82, 2.24) is 15.3 Å². The number of nitrogens with one attached hydrogen (secondary N) is 1. The molecule has 0 aliphatic heterocycles. The smallest absolute Gasteiger partial charge is 0.245 e. The van der Waals surface area contributed by atoms with Crippen LogP contribution in [0, 0.1) is 11.3 Å². The fourth-order valence-electron chi connectivity index (χ4n) is 2.41. The van der Waals surface area contributed by atoms with Crippen LogP contribution in [-0.2, 0) is 14.4 Å². The lowest BCUT2D eigenvalue weighted by molar-refractivity contribution is -0.155. The number of carbonyl (C=O) groups excluding carboxylic acids is 3. The van der Waals surface area contributed by atoms with Crippen molar-refractivity contribution in [1.29, 1.82) is 0 Å². The number of hydroxylamine groups is 2. The molecular formula is C17H33N3O5. The summed E-state index contributed by atoms with van der Waals surface area (Å²) in [5, 5.41) is 21.7. The van der Waals surface area contributed by atoms with Gasteiger partial charge in [-0.2, -0.15) is 0 Å². The molecule has 0 saturated carbocycles. The molecule has 0 heterocycles. The minimum atomic E-state index is -0.774. The first-order valence-electron chi connectivity index (χ1n) is 8.65. The normalized spacial score (nSPS) is 13.7. The summed E-state index contributed by atoms with van der Waals surface area (Å²) in [5.74, 6) is -1.27. The minimum Gasteiger partial charge on any atom is -0.395 e. The van der Waals surface area contributed by atoms with E-state index < -0.39 is 17.4 Å². The number of amides is 3. The summed E-state index contributed by atoms with van der Waals surface area (Å²) in [6.45, 7) is 7.40. The Hall–Kier alpha value is -1.67. The van der Waals surface area contributed by atoms with E-state index in [0.29, 0.717) is 11.5 Å². The Morgan fingerprint density at radius 1 is 1.28 bits per heavy atom. The molecule has 0 aromatic heterocycles. The van der Waals surface area contributed by atoms with Crippen molar-refractivity contribution in [2.75, 3.05) is 26.7 Å². The molecule has 0 aliphatic rings. The highest BCUT2D eigenvalue weighted by atomic mass is 16.5. The maximum Gasteiger partial charge on any atom is 0.245 e. The Morgan fingerprint density at radius 3 is 2.32 bits per heavy atom. The monoisotopic (exact) mass is 359 g/mol. The molecule has 25 heavy (non-hydrogen) atoms. The maximum absolute atomic E-state index is 12.7. The third-order valence-electron chi connectivity index (χ3n) is 4.02. The number of rotatable bonds is 11. The maximum atomic E-state index is 12.7. The van der Waals surface area contributed by atoms with Crippen LogP contribution >= 0.6 is 0 Å². The summed E-state index contributed by atoms with van der Waals surface area (Å²) in [4.78, 5) is 37.3. The van der Waals surface area contributed by atoms with E-state index in [1.165, 1.54) is 4.90 Å². The van der Waals surface area contributed by atoms with Crippen LogP contribution in [0.15, 0.2) is 0 Å². The van der Waals surface area contributed by atoms with Crippen LogP contribution in [0.2, 0.25) is 0 Å². The van der Waals surface area contributed by atoms with Gasteiger partial charge in [0.05, 0.1) is 19.1 Å². The van der Waals surface area contributed by atoms with Gasteiger partial charge in [-0.15, -0.1) is 0 Å². The van der Waals surface area contributed by atoms with Gasteiger partial charge in [-0.05, 0) is 11.8 Å². The van der Waals surface area contributed by atoms with Crippen molar-refractivity contribution in [3.63, 3.8) is 0 Å². The van der Waals surface area contributed by atoms with Gasteiger partial charge in [0.15, 0.2) is 0 Å². The number of hydrogen-bond acceptors (Lipinski definition) is 5. The Kier molecular flexibility index (Phi) is 10.3. The van der Waals surface area contributed by atoms with Gasteiger partial charge < -0.3 is 15.3 Å². The molecule has 0 radical (unpaired) electrons. The van der Waals surface area contributed by atoms with Crippen molar-refractivity contribution in [2.24, 2.45) is 11.3 Å². The Labute approximate surface area is 150 Å². The minimum absolute atomic E-state index is 0.118. The van der Waals surface area contributed by atoms with Gasteiger partial charge in [-0.25, -0.2) is 5.06 Å². The van der Waals surface area contributed by atoms with Crippen LogP contribution < -0.4 is 5.32 Å². The quantitative estimate of drug-likeness (QED) is 0.285. The molecule has 3 N–H and O–H groups in total. The van der Waals surface area contributed by atoms with Gasteiger partial charge in [0.2, 0.25) is 18.2 Å². The van der Waals surface area contributed by atoms with Crippen molar-refractivity contribution >= 4 is 18.2 Å². The SMILES string of the molecule is CCCCC(CN(O)C=O)C(=O)NC(C(=O)N(C)CCO)C(C)(C)C. The molecule has 0 aromatic rings. The van der Waals surface area contributed by atoms with Crippen LogP contribution in [0.5, 0.6) is 0 Å². The fraction of sp³-hybridized carbons (Fsp3) is 0.824. The van der Waals surface area contributed by atoms with Gasteiger partial charge in [-0.1, -0.05) is 40.5 Å². The molecule has 0 aromatic carbocycles. The standard InChI is InChI=1S/C17H33N3O5/c1-6-7-8-13(11-20(25)12-22)15(23)18-14(17(2,3)4)16(24)19(5)9-10-21/h12-14,21,25H,6-11H2,1-5H3,(H,18,23). The lowest BCUT2D eigenvalue weighted by Gasteiger charge is -2.34. The number of aliphatic hydroxyl groups excluding tert-OH is 1. The molecule has 3 amide bonds. The summed E-state index contributed by atoms with van der Waals surface area (Å²) in [5.41, 5.74) is -0.532. The second kappa shape index (κ2) is 11.0. The zero-order valence-corrected chi connectivity index (χ0v) is 16.0. The predicted molar refractivity (Wildman–Crippen MR) is 93.7 cm³/mol. The highest BCUT2D eigenvalue weighted by Gasteiger charge is 2.36. The predicted octanol–water partition coefficient (Wildman–Crippen LogP) is 0.622. The van der Waals surface area contributed by atoms with E-state index in [2.05, 4.69) is 5.32 Å². The topological polar surface area (TPSA) is 110 Å². The molecule has 2 atom stereocenters. The average molecular weight is 359 g/mol. The molecule has 0 aliphatic carbocycles. The van der Waals surface area contributed by atoms with Crippen LogP contribution in [-0.4, -0.2) is 71.3 Å². The summed E-state index contributed by atoms with van der Waals surface area (Å²) in [6.07, 6.45) is 2.40. The Balaban J connectivity index is 5.24. The zero-order valence-electron chi connectivity index (χ0n) is 16.0. The van der Waals surface area contributed by atoms with Gasteiger partial charge in [0.1, 0.15) is 6.04 Å². The van der Waals surface area contributed by atoms with Gasteiger partial charge in [-0.3, -0.25) is 19.6 Å². The van der Waals surface area contributed by atoms with Gasteiger partial charge >= 0.3 is 0 Å². The third kappa shape index (κ3) is 8.31. The second-order valence-electron chi connectivity index (χ2n) is 7.36. The van der Waals surface area contributed by atoms with Crippen molar-refractivity contribution in [3.05, 3.63) is 0 Å². The molecule has 0 bridgehead atoms. The molecule has 8 heteroatoms. The number of unbranched alkanes of at least 4 members (excludes halogenated alkanes) is 1. The van der Waals surface area contributed by atoms with E-state index in [4.69, 9.17) is 5.11 Å². The summed E-state index contributed by atoms with van der Waals surface area (Å²) in [6, 6.07) is -0.774. The molecule has 0 saturated heterocycles. The van der Waals surface area contributed by atoms with Crippen LogP contribution in [0.3, 0.4) is 0 Å². The van der Waals surface area contributed by atoms with Gasteiger partial charge in [0.25, 0.3) is 0 Å². The first-order chi connectivity index (χ1) is 11.6. The van der Waals surface area contributed by atoms with E-state index in [9.17, 15) is 19.6 Å². The fourth-order valence-corrected chi connectivity index (χ4v) is 2.41. The first-order valence-corrected chi connectivity index (χ1v) is 8.65. The molecule has 8 nitrogen and oxygen atoms in total. The number of nitrogens with zero attached hydrogens (tertiary/aromatic N) is 2. The van der Waals surface area contributed by atoms with E-state index >= 15 is 0 Å². The third-order valence-corrected chi connectivity index (χ3v) is 4.02. The number of likely N-dealkylation sites (N-methyl/N-ethyl adjacent to an activating group) is 1. The van der Waals surface area contributed by atoms with Crippen LogP contribution in [0.4, 0.5) is 0 Å². The highest BCUT2D eigenvalue weighted by molar-refractivity contribution is 5.89. The van der Waals surface area contributed by atoms with E-state index in [-0.39, 0.29) is 37.9 Å². The number of carbonyl (C=O) groups is 3. The molecular weight excluding hydrogens is 326 g/mol. The summed E-state index contributed by atoms with van der Waals surface area (Å²) in [7, 11) is 1.57. The molecule has 2 unspecified atom stereocenters. The molecule has 146 valence electrons. The van der Waals surface area contributed by atoms with Crippen LogP contribution in [0.1, 0.15) is 47.0 Å². The molecule has 0 spiro atoms. The van der Waals surface area contributed by atoms with E-state index in [1.54, 1.807) is 7.05 Å². The lowest BCUT2D eigenvalue weighted by Crippen LogP contribution is -2.56. The number of hydrogen-bond donors (Lipinski definition) is 3. The Bertz CT molecular complexity index is 436. The summed E-state index contributed by atoms with van der Waals surface area (Å²) >= 11 is 0. The van der Waals surface area contributed by atoms with Crippen LogP contribution in [0.25, 0.3) is 0 Å². The zero-order chi connectivity index (χ0) is 19.6. The highest BCUT2D eigenvalue weighted by Crippen LogP contribution is 2.22.